The summed E-state index contributed by atoms with van der Waals surface area (Å²) >= 11 is 0. The largest absolute Gasteiger partial charge is 0.356 e. The maximum atomic E-state index is 12.1. The maximum absolute atomic E-state index is 12.1. The highest BCUT2D eigenvalue weighted by atomic mass is 16.2. The smallest absolute Gasteiger partial charge is 0.220 e. The Morgan fingerprint density at radius 1 is 0.222 bits per heavy atom. The van der Waals surface area contributed by atoms with E-state index < -0.39 is 5.91 Å². The van der Waals surface area contributed by atoms with Crippen LogP contribution in [0.25, 0.3) is 0 Å². The monoisotopic (exact) mass is 631 g/mol. The molecule has 12 nitrogen and oxygen atoms in total. The predicted molar refractivity (Wildman–Crippen MR) is 160 cm³/mol. The molecule has 0 aromatic heterocycles. The van der Waals surface area contributed by atoms with Gasteiger partial charge in [-0.15, -0.1) is 0 Å². The molecule has 0 aliphatic carbocycles. The van der Waals surface area contributed by atoms with Crippen LogP contribution in [-0.4, -0.2) is 70.3 Å². The summed E-state index contributed by atoms with van der Waals surface area (Å²) in [6.45, 7) is 0.0500. The first-order valence-corrected chi connectivity index (χ1v) is 15.8. The van der Waals surface area contributed by atoms with Gasteiger partial charge in [0.25, 0.3) is 0 Å². The van der Waals surface area contributed by atoms with Crippen LogP contribution in [-0.2, 0) is 52.7 Å². The molecule has 45 heavy (non-hydrogen) atoms. The van der Waals surface area contributed by atoms with Crippen molar-refractivity contribution in [3.8, 4) is 0 Å². The second-order valence-corrected chi connectivity index (χ2v) is 11.5. The van der Waals surface area contributed by atoms with E-state index in [-0.39, 0.29) is 199 Å². The van der Waals surface area contributed by atoms with Crippen molar-refractivity contribution in [1.82, 2.24) is 5.32 Å². The topological polar surface area (TPSA) is 200 Å². The molecule has 0 atom stereocenters. The normalized spacial score (nSPS) is 21.4. The second kappa shape index (κ2) is 22.6. The van der Waals surface area contributed by atoms with E-state index in [0.29, 0.717) is 0 Å². The van der Waals surface area contributed by atoms with Gasteiger partial charge in [-0.1, -0.05) is 0 Å². The van der Waals surface area contributed by atoms with Crippen molar-refractivity contribution in [2.75, 3.05) is 6.54 Å². The van der Waals surface area contributed by atoms with Gasteiger partial charge in [0, 0.05) is 141 Å². The van der Waals surface area contributed by atoms with Crippen LogP contribution in [0.15, 0.2) is 0 Å². The molecular weight excluding hydrogens is 586 g/mol. The minimum atomic E-state index is -0.427. The third-order valence-corrected chi connectivity index (χ3v) is 7.50. The minimum Gasteiger partial charge on any atom is -0.356 e. The second-order valence-electron chi connectivity index (χ2n) is 11.5. The van der Waals surface area contributed by atoms with E-state index in [9.17, 15) is 52.7 Å². The SMILES string of the molecule is O=C1CCNC(=O)CCC(=O)CCC(=O)CCC(=O)CCC(=O)CCC(=O)CCC(=O)CCC(=O)CCC(=O)CCC(=O)CC1. The summed E-state index contributed by atoms with van der Waals surface area (Å²) in [6.07, 6.45) is -1.17. The highest BCUT2D eigenvalue weighted by Crippen LogP contribution is 2.11. The molecule has 1 heterocycles. The Balaban J connectivity index is 2.59. The number of hydrogen-bond acceptors (Lipinski definition) is 11. The molecule has 12 heteroatoms. The fraction of sp³-hybridized carbons (Fsp3) is 0.667. The first-order chi connectivity index (χ1) is 21.3. The lowest BCUT2D eigenvalue weighted by atomic mass is 9.99. The number of Topliss-reactive ketones (excluding diaryl/α,β-unsaturated/α-hetero) is 10. The van der Waals surface area contributed by atoms with Gasteiger partial charge in [-0.2, -0.15) is 0 Å². The van der Waals surface area contributed by atoms with Crippen molar-refractivity contribution in [3.05, 3.63) is 0 Å². The van der Waals surface area contributed by atoms with Crippen LogP contribution >= 0.6 is 0 Å². The highest BCUT2D eigenvalue weighted by Gasteiger charge is 2.16. The van der Waals surface area contributed by atoms with E-state index >= 15 is 0 Å². The van der Waals surface area contributed by atoms with Crippen molar-refractivity contribution in [2.45, 2.75) is 135 Å². The first kappa shape index (κ1) is 39.2. The Morgan fingerprint density at radius 3 is 0.578 bits per heavy atom. The van der Waals surface area contributed by atoms with Gasteiger partial charge in [-0.05, 0) is 0 Å². The maximum Gasteiger partial charge on any atom is 0.220 e. The van der Waals surface area contributed by atoms with Crippen LogP contribution in [0.4, 0.5) is 0 Å². The van der Waals surface area contributed by atoms with Gasteiger partial charge >= 0.3 is 0 Å². The summed E-state index contributed by atoms with van der Waals surface area (Å²) in [6, 6.07) is 0. The number of rotatable bonds is 0. The van der Waals surface area contributed by atoms with E-state index in [1.807, 2.05) is 0 Å². The van der Waals surface area contributed by atoms with E-state index in [1.165, 1.54) is 0 Å². The molecule has 0 spiro atoms. The summed E-state index contributed by atoms with van der Waals surface area (Å²) in [4.78, 5) is 133. The molecule has 0 aromatic carbocycles. The molecular formula is C33H45NO11. The highest BCUT2D eigenvalue weighted by molar-refractivity contribution is 5.94. The molecule has 1 amide bonds. The fourth-order valence-electron chi connectivity index (χ4n) is 4.44. The van der Waals surface area contributed by atoms with Crippen molar-refractivity contribution in [2.24, 2.45) is 0 Å². The minimum absolute atomic E-state index is 0.00814. The molecule has 1 aliphatic rings. The van der Waals surface area contributed by atoms with Crippen molar-refractivity contribution < 1.29 is 52.7 Å². The van der Waals surface area contributed by atoms with Gasteiger partial charge in [-0.25, -0.2) is 0 Å². The van der Waals surface area contributed by atoms with Crippen LogP contribution in [0.2, 0.25) is 0 Å². The van der Waals surface area contributed by atoms with Crippen LogP contribution < -0.4 is 5.32 Å². The van der Waals surface area contributed by atoms with Gasteiger partial charge in [0.15, 0.2) is 0 Å². The average Bonchev–Trinajstić information content (AvgIpc) is 3.01. The zero-order valence-electron chi connectivity index (χ0n) is 26.0. The molecule has 0 unspecified atom stereocenters. The zero-order valence-corrected chi connectivity index (χ0v) is 26.0. The number of ketones is 10. The van der Waals surface area contributed by atoms with Crippen LogP contribution in [0.3, 0.4) is 0 Å². The number of carbonyl (C=O) groups excluding carboxylic acids is 11. The van der Waals surface area contributed by atoms with E-state index in [2.05, 4.69) is 5.32 Å². The summed E-state index contributed by atoms with van der Waals surface area (Å²) in [7, 11) is 0. The van der Waals surface area contributed by atoms with Gasteiger partial charge < -0.3 is 5.32 Å². The summed E-state index contributed by atoms with van der Waals surface area (Å²) < 4.78 is 0. The predicted octanol–water partition coefficient (Wildman–Crippen LogP) is 3.00. The van der Waals surface area contributed by atoms with Gasteiger partial charge in [0.1, 0.15) is 57.8 Å². The third kappa shape index (κ3) is 21.5. The van der Waals surface area contributed by atoms with Crippen molar-refractivity contribution in [1.29, 1.82) is 0 Å². The Hall–Kier alpha value is -3.83. The summed E-state index contributed by atoms with van der Waals surface area (Å²) in [5.41, 5.74) is 0. The van der Waals surface area contributed by atoms with E-state index in [1.54, 1.807) is 0 Å². The molecule has 248 valence electrons. The van der Waals surface area contributed by atoms with Gasteiger partial charge in [-0.3, -0.25) is 52.7 Å². The third-order valence-electron chi connectivity index (χ3n) is 7.50. The zero-order chi connectivity index (χ0) is 33.6. The van der Waals surface area contributed by atoms with Crippen LogP contribution in [0, 0.1) is 0 Å². The Morgan fingerprint density at radius 2 is 0.378 bits per heavy atom. The molecule has 0 radical (unpaired) electrons. The lowest BCUT2D eigenvalue weighted by Crippen LogP contribution is -2.26. The molecule has 0 saturated carbocycles. The molecule has 1 N–H and O–H groups in total. The molecule has 0 bridgehead atoms. The molecule has 0 aromatic rings. The van der Waals surface area contributed by atoms with Crippen molar-refractivity contribution in [3.63, 3.8) is 0 Å². The lowest BCUT2D eigenvalue weighted by Gasteiger charge is -2.06. The lowest BCUT2D eigenvalue weighted by molar-refractivity contribution is -0.128. The summed E-state index contributed by atoms with van der Waals surface area (Å²) in [5.74, 6) is -3.17. The molecule has 1 fully saturated rings. The first-order valence-electron chi connectivity index (χ1n) is 15.8. The standard InChI is InChI=1S/C33H45NO11/c35-23-1-2-24(36)5-6-26(38)9-10-28(40)13-14-30(42)17-18-32(44)21-22-34-33(45)20-19-31(43)16-15-29(41)12-11-27(39)8-7-25(37)4-3-23/h1-22H2,(H,34,45). The molecule has 1 aliphatic heterocycles. The van der Waals surface area contributed by atoms with Crippen LogP contribution in [0.1, 0.15) is 135 Å². The summed E-state index contributed by atoms with van der Waals surface area (Å²) in [5, 5.41) is 2.54. The van der Waals surface area contributed by atoms with Gasteiger partial charge in [0.05, 0.1) is 0 Å². The van der Waals surface area contributed by atoms with Crippen LogP contribution in [0.5, 0.6) is 0 Å². The Bertz CT molecular complexity index is 1070. The molecule has 1 rings (SSSR count). The number of hydrogen-bond donors (Lipinski definition) is 1. The van der Waals surface area contributed by atoms with E-state index in [0.717, 1.165) is 0 Å². The number of amides is 1. The van der Waals surface area contributed by atoms with Crippen molar-refractivity contribution >= 4 is 63.7 Å². The van der Waals surface area contributed by atoms with Gasteiger partial charge in [0.2, 0.25) is 5.91 Å². The number of carbonyl (C=O) groups is 11. The average molecular weight is 632 g/mol. The fourth-order valence-corrected chi connectivity index (χ4v) is 4.44. The van der Waals surface area contributed by atoms with E-state index in [4.69, 9.17) is 0 Å². The Labute approximate surface area is 263 Å². The number of nitrogens with one attached hydrogen (secondary N) is 1. The molecule has 1 saturated heterocycles. The quantitative estimate of drug-likeness (QED) is 0.412. The Kier molecular flexibility index (Phi) is 19.7.